The summed E-state index contributed by atoms with van der Waals surface area (Å²) in [7, 11) is 0. The van der Waals surface area contributed by atoms with E-state index in [1.54, 1.807) is 0 Å². The minimum Gasteiger partial charge on any atom is -0.380 e. The smallest absolute Gasteiger partial charge is 0.0590 e. The Labute approximate surface area is 93.5 Å². The summed E-state index contributed by atoms with van der Waals surface area (Å²) in [5.74, 6) is 0.695. The molecule has 0 radical (unpaired) electrons. The molecule has 3 nitrogen and oxygen atoms in total. The number of nitrogens with one attached hydrogen (secondary N) is 1. The molecule has 0 saturated carbocycles. The van der Waals surface area contributed by atoms with Crippen molar-refractivity contribution in [2.75, 3.05) is 32.9 Å². The molecule has 90 valence electrons. The van der Waals surface area contributed by atoms with Crippen LogP contribution in [0.2, 0.25) is 0 Å². The molecule has 1 aliphatic rings. The summed E-state index contributed by atoms with van der Waals surface area (Å²) in [6.45, 7) is 9.05. The predicted molar refractivity (Wildman–Crippen MR) is 62.1 cm³/mol. The van der Waals surface area contributed by atoms with E-state index in [-0.39, 0.29) is 0 Å². The third kappa shape index (κ3) is 5.50. The van der Waals surface area contributed by atoms with Crippen LogP contribution in [-0.2, 0) is 9.47 Å². The Kier molecular flexibility index (Phi) is 6.98. The van der Waals surface area contributed by atoms with Gasteiger partial charge in [0, 0.05) is 26.3 Å². The first-order valence-electron chi connectivity index (χ1n) is 6.24. The molecule has 0 aliphatic carbocycles. The molecule has 15 heavy (non-hydrogen) atoms. The van der Waals surface area contributed by atoms with E-state index in [0.717, 1.165) is 32.9 Å². The Balaban J connectivity index is 1.84. The molecule has 0 aromatic rings. The highest BCUT2D eigenvalue weighted by molar-refractivity contribution is 4.74. The zero-order valence-electron chi connectivity index (χ0n) is 10.1. The fraction of sp³-hybridized carbons (Fsp3) is 1.00. The van der Waals surface area contributed by atoms with Gasteiger partial charge in [-0.3, -0.25) is 0 Å². The zero-order chi connectivity index (χ0) is 10.9. The number of hydrogen-bond acceptors (Lipinski definition) is 3. The topological polar surface area (TPSA) is 30.5 Å². The van der Waals surface area contributed by atoms with Crippen molar-refractivity contribution in [1.29, 1.82) is 0 Å². The van der Waals surface area contributed by atoms with Crippen molar-refractivity contribution in [3.8, 4) is 0 Å². The summed E-state index contributed by atoms with van der Waals surface area (Å²) in [6, 6.07) is 0. The lowest BCUT2D eigenvalue weighted by atomic mass is 10.0. The molecule has 3 heteroatoms. The molecular weight excluding hydrogens is 190 g/mol. The van der Waals surface area contributed by atoms with Crippen molar-refractivity contribution < 1.29 is 9.47 Å². The maximum Gasteiger partial charge on any atom is 0.0590 e. The van der Waals surface area contributed by atoms with Crippen molar-refractivity contribution in [1.82, 2.24) is 5.32 Å². The first-order valence-corrected chi connectivity index (χ1v) is 6.24. The van der Waals surface area contributed by atoms with Gasteiger partial charge >= 0.3 is 0 Å². The van der Waals surface area contributed by atoms with Crippen molar-refractivity contribution in [3.63, 3.8) is 0 Å². The summed E-state index contributed by atoms with van der Waals surface area (Å²) in [6.07, 6.45) is 4.02. The highest BCUT2D eigenvalue weighted by Gasteiger charge is 2.23. The number of ether oxygens (including phenoxy) is 2. The summed E-state index contributed by atoms with van der Waals surface area (Å²) in [5.41, 5.74) is 0. The second-order valence-electron chi connectivity index (χ2n) is 4.29. The van der Waals surface area contributed by atoms with Crippen LogP contribution in [0.5, 0.6) is 0 Å². The van der Waals surface area contributed by atoms with E-state index < -0.39 is 0 Å². The highest BCUT2D eigenvalue weighted by atomic mass is 16.5. The van der Waals surface area contributed by atoms with Crippen LogP contribution in [0, 0.1) is 5.92 Å². The Morgan fingerprint density at radius 2 is 2.27 bits per heavy atom. The van der Waals surface area contributed by atoms with Crippen LogP contribution in [0.3, 0.4) is 0 Å². The normalized spacial score (nSPS) is 26.0. The molecule has 1 N–H and O–H groups in total. The van der Waals surface area contributed by atoms with Crippen LogP contribution in [0.4, 0.5) is 0 Å². The minimum atomic E-state index is 0.429. The van der Waals surface area contributed by atoms with Crippen LogP contribution >= 0.6 is 0 Å². The molecular formula is C12H25NO2. The average molecular weight is 215 g/mol. The maximum atomic E-state index is 5.50. The van der Waals surface area contributed by atoms with E-state index in [1.165, 1.54) is 19.3 Å². The molecule has 0 bridgehead atoms. The fourth-order valence-corrected chi connectivity index (χ4v) is 1.82. The molecule has 1 aliphatic heterocycles. The second kappa shape index (κ2) is 8.08. The van der Waals surface area contributed by atoms with E-state index in [2.05, 4.69) is 19.2 Å². The Bertz CT molecular complexity index is 153. The summed E-state index contributed by atoms with van der Waals surface area (Å²) >= 11 is 0. The van der Waals surface area contributed by atoms with Gasteiger partial charge in [-0.05, 0) is 25.7 Å². The number of rotatable bonds is 8. The summed E-state index contributed by atoms with van der Waals surface area (Å²) in [4.78, 5) is 0. The quantitative estimate of drug-likeness (QED) is 0.626. The van der Waals surface area contributed by atoms with Gasteiger partial charge in [0.1, 0.15) is 0 Å². The first kappa shape index (κ1) is 12.9. The molecule has 0 aromatic heterocycles. The molecule has 0 spiro atoms. The fourth-order valence-electron chi connectivity index (χ4n) is 1.82. The first-order chi connectivity index (χ1) is 7.34. The van der Waals surface area contributed by atoms with Crippen LogP contribution in [0.25, 0.3) is 0 Å². The van der Waals surface area contributed by atoms with Crippen LogP contribution in [0.1, 0.15) is 33.1 Å². The van der Waals surface area contributed by atoms with Gasteiger partial charge < -0.3 is 14.8 Å². The van der Waals surface area contributed by atoms with E-state index >= 15 is 0 Å². The van der Waals surface area contributed by atoms with Gasteiger partial charge in [0.2, 0.25) is 0 Å². The zero-order valence-corrected chi connectivity index (χ0v) is 10.1. The van der Waals surface area contributed by atoms with E-state index in [0.29, 0.717) is 12.0 Å². The largest absolute Gasteiger partial charge is 0.380 e. The third-order valence-electron chi connectivity index (χ3n) is 3.01. The molecule has 2 atom stereocenters. The van der Waals surface area contributed by atoms with Crippen molar-refractivity contribution in [2.24, 2.45) is 5.92 Å². The lowest BCUT2D eigenvalue weighted by Crippen LogP contribution is -2.29. The van der Waals surface area contributed by atoms with Crippen LogP contribution in [-0.4, -0.2) is 39.0 Å². The lowest BCUT2D eigenvalue weighted by molar-refractivity contribution is 0.103. The molecule has 1 saturated heterocycles. The van der Waals surface area contributed by atoms with Crippen LogP contribution in [0.15, 0.2) is 0 Å². The highest BCUT2D eigenvalue weighted by Crippen LogP contribution is 2.18. The SMILES string of the molecule is CCCCOCCNCC1CCOC1C. The number of unbranched alkanes of at least 4 members (excludes halogenated alkanes) is 1. The molecule has 1 fully saturated rings. The molecule has 1 heterocycles. The van der Waals surface area contributed by atoms with Gasteiger partial charge in [-0.15, -0.1) is 0 Å². The van der Waals surface area contributed by atoms with Crippen molar-refractivity contribution in [3.05, 3.63) is 0 Å². The van der Waals surface area contributed by atoms with Gasteiger partial charge in [0.25, 0.3) is 0 Å². The predicted octanol–water partition coefficient (Wildman–Crippen LogP) is 1.82. The van der Waals surface area contributed by atoms with E-state index in [4.69, 9.17) is 9.47 Å². The van der Waals surface area contributed by atoms with Crippen molar-refractivity contribution >= 4 is 0 Å². The van der Waals surface area contributed by atoms with Crippen molar-refractivity contribution in [2.45, 2.75) is 39.2 Å². The Hall–Kier alpha value is -0.120. The second-order valence-corrected chi connectivity index (χ2v) is 4.29. The molecule has 1 rings (SSSR count). The minimum absolute atomic E-state index is 0.429. The van der Waals surface area contributed by atoms with Gasteiger partial charge in [0.15, 0.2) is 0 Å². The summed E-state index contributed by atoms with van der Waals surface area (Å²) in [5, 5.41) is 3.43. The van der Waals surface area contributed by atoms with E-state index in [9.17, 15) is 0 Å². The van der Waals surface area contributed by atoms with Gasteiger partial charge in [0.05, 0.1) is 12.7 Å². The Morgan fingerprint density at radius 3 is 2.93 bits per heavy atom. The van der Waals surface area contributed by atoms with E-state index in [1.807, 2.05) is 0 Å². The molecule has 0 aromatic carbocycles. The third-order valence-corrected chi connectivity index (χ3v) is 3.01. The van der Waals surface area contributed by atoms with Gasteiger partial charge in [-0.1, -0.05) is 13.3 Å². The number of hydrogen-bond donors (Lipinski definition) is 1. The average Bonchev–Trinajstić information content (AvgIpc) is 2.63. The van der Waals surface area contributed by atoms with Crippen LogP contribution < -0.4 is 5.32 Å². The lowest BCUT2D eigenvalue weighted by Gasteiger charge is -2.14. The molecule has 2 unspecified atom stereocenters. The maximum absolute atomic E-state index is 5.50. The summed E-state index contributed by atoms with van der Waals surface area (Å²) < 4.78 is 11.0. The van der Waals surface area contributed by atoms with Gasteiger partial charge in [-0.25, -0.2) is 0 Å². The molecule has 0 amide bonds. The van der Waals surface area contributed by atoms with Gasteiger partial charge in [-0.2, -0.15) is 0 Å². The standard InChI is InChI=1S/C12H25NO2/c1-3-4-7-14-9-6-13-10-12-5-8-15-11(12)2/h11-13H,3-10H2,1-2H3. The Morgan fingerprint density at radius 1 is 1.40 bits per heavy atom. The monoisotopic (exact) mass is 215 g/mol.